The van der Waals surface area contributed by atoms with Gasteiger partial charge in [-0.1, -0.05) is 11.6 Å². The van der Waals surface area contributed by atoms with Crippen LogP contribution in [0.15, 0.2) is 41.3 Å². The second kappa shape index (κ2) is 5.85. The second-order valence-corrected chi connectivity index (χ2v) is 5.93. The highest BCUT2D eigenvalue weighted by Crippen LogP contribution is 2.31. The Kier molecular flexibility index (Phi) is 4.29. The van der Waals surface area contributed by atoms with Crippen LogP contribution in [0.4, 0.5) is 14.5 Å². The van der Waals surface area contributed by atoms with Gasteiger partial charge in [-0.3, -0.25) is 10.1 Å². The predicted molar refractivity (Wildman–Crippen MR) is 72.3 cm³/mol. The van der Waals surface area contributed by atoms with Crippen molar-refractivity contribution < 1.29 is 26.3 Å². The Morgan fingerprint density at radius 3 is 2.41 bits per heavy atom. The minimum absolute atomic E-state index is 0.0480. The van der Waals surface area contributed by atoms with Gasteiger partial charge in [0.25, 0.3) is 0 Å². The monoisotopic (exact) mass is 349 g/mol. The molecule has 0 saturated carbocycles. The Hall–Kier alpha value is -2.26. The van der Waals surface area contributed by atoms with Crippen molar-refractivity contribution in [2.24, 2.45) is 0 Å². The summed E-state index contributed by atoms with van der Waals surface area (Å²) in [5, 5.41) is 10.7. The van der Waals surface area contributed by atoms with Gasteiger partial charge in [-0.2, -0.15) is 8.42 Å². The first-order chi connectivity index (χ1) is 10.2. The highest BCUT2D eigenvalue weighted by molar-refractivity contribution is 7.87. The maximum Gasteiger partial charge on any atom is 0.342 e. The summed E-state index contributed by atoms with van der Waals surface area (Å²) in [5.41, 5.74) is -0.778. The van der Waals surface area contributed by atoms with Crippen LogP contribution in [0.25, 0.3) is 0 Å². The normalized spacial score (nSPS) is 11.2. The maximum atomic E-state index is 13.6. The lowest BCUT2D eigenvalue weighted by Gasteiger charge is -2.08. The van der Waals surface area contributed by atoms with Crippen molar-refractivity contribution in [3.63, 3.8) is 0 Å². The fourth-order valence-corrected chi connectivity index (χ4v) is 2.70. The maximum absolute atomic E-state index is 13.6. The molecule has 0 unspecified atom stereocenters. The molecule has 6 nitrogen and oxygen atoms in total. The molecular formula is C12H6ClF2NO5S. The smallest absolute Gasteiger partial charge is 0.342 e. The predicted octanol–water partition coefficient (Wildman–Crippen LogP) is 3.29. The molecule has 2 aromatic carbocycles. The summed E-state index contributed by atoms with van der Waals surface area (Å²) >= 11 is 5.50. The molecule has 0 aliphatic carbocycles. The fourth-order valence-electron chi connectivity index (χ4n) is 1.55. The van der Waals surface area contributed by atoms with E-state index in [0.29, 0.717) is 6.07 Å². The Bertz CT molecular complexity index is 857. The van der Waals surface area contributed by atoms with Crippen LogP contribution >= 0.6 is 11.6 Å². The minimum atomic E-state index is -4.74. The Balaban J connectivity index is 2.49. The first-order valence-electron chi connectivity index (χ1n) is 5.54. The molecule has 0 bridgehead atoms. The average molecular weight is 350 g/mol. The fraction of sp³-hybridized carbons (Fsp3) is 0. The Labute approximate surface area is 128 Å². The lowest BCUT2D eigenvalue weighted by molar-refractivity contribution is -0.385. The van der Waals surface area contributed by atoms with Crippen molar-refractivity contribution in [1.82, 2.24) is 0 Å². The van der Waals surface area contributed by atoms with Gasteiger partial charge in [-0.25, -0.2) is 8.78 Å². The molecule has 0 aromatic heterocycles. The summed E-state index contributed by atoms with van der Waals surface area (Å²) in [4.78, 5) is 8.95. The van der Waals surface area contributed by atoms with E-state index in [9.17, 15) is 27.3 Å². The lowest BCUT2D eigenvalue weighted by atomic mass is 10.3. The molecule has 116 valence electrons. The van der Waals surface area contributed by atoms with Crippen molar-refractivity contribution in [3.05, 3.63) is 63.2 Å². The molecule has 2 rings (SSSR count). The molecule has 0 radical (unpaired) electrons. The lowest BCUT2D eigenvalue weighted by Crippen LogP contribution is -2.12. The third-order valence-corrected chi connectivity index (χ3v) is 3.99. The highest BCUT2D eigenvalue weighted by atomic mass is 35.5. The molecule has 0 fully saturated rings. The van der Waals surface area contributed by atoms with Gasteiger partial charge in [-0.15, -0.1) is 0 Å². The van der Waals surface area contributed by atoms with Gasteiger partial charge in [0.2, 0.25) is 5.75 Å². The molecule has 0 aliphatic rings. The van der Waals surface area contributed by atoms with E-state index in [1.54, 1.807) is 0 Å². The van der Waals surface area contributed by atoms with Gasteiger partial charge < -0.3 is 4.18 Å². The zero-order chi connectivity index (χ0) is 16.5. The van der Waals surface area contributed by atoms with Crippen LogP contribution in [0.3, 0.4) is 0 Å². The van der Waals surface area contributed by atoms with E-state index in [1.165, 1.54) is 0 Å². The molecule has 0 amide bonds. The molecule has 2 aromatic rings. The van der Waals surface area contributed by atoms with Crippen molar-refractivity contribution in [2.45, 2.75) is 4.90 Å². The van der Waals surface area contributed by atoms with E-state index in [1.807, 2.05) is 0 Å². The van der Waals surface area contributed by atoms with Crippen LogP contribution in [-0.4, -0.2) is 13.3 Å². The SMILES string of the molecule is O=[N+]([O-])c1ccc(F)cc1OS(=O)(=O)c1ccc(Cl)cc1F. The summed E-state index contributed by atoms with van der Waals surface area (Å²) in [7, 11) is -4.74. The van der Waals surface area contributed by atoms with E-state index < -0.39 is 43.0 Å². The van der Waals surface area contributed by atoms with Crippen LogP contribution in [-0.2, 0) is 10.1 Å². The molecule has 0 heterocycles. The van der Waals surface area contributed by atoms with Gasteiger partial charge in [0.1, 0.15) is 16.5 Å². The number of hydrogen-bond acceptors (Lipinski definition) is 5. The highest BCUT2D eigenvalue weighted by Gasteiger charge is 2.26. The van der Waals surface area contributed by atoms with E-state index in [-0.39, 0.29) is 5.02 Å². The summed E-state index contributed by atoms with van der Waals surface area (Å²) in [6, 6.07) is 4.68. The van der Waals surface area contributed by atoms with E-state index in [0.717, 1.165) is 30.3 Å². The van der Waals surface area contributed by atoms with Crippen LogP contribution in [0.2, 0.25) is 5.02 Å². The minimum Gasteiger partial charge on any atom is -0.371 e. The number of benzene rings is 2. The standard InChI is InChI=1S/C12H6ClF2NO5S/c13-7-1-4-12(9(15)5-7)22(19,20)21-11-6-8(14)2-3-10(11)16(17)18/h1-6H. The largest absolute Gasteiger partial charge is 0.371 e. The number of hydrogen-bond donors (Lipinski definition) is 0. The van der Waals surface area contributed by atoms with Crippen LogP contribution in [0, 0.1) is 21.7 Å². The summed E-state index contributed by atoms with van der Waals surface area (Å²) in [6.07, 6.45) is 0. The van der Waals surface area contributed by atoms with E-state index >= 15 is 0 Å². The first-order valence-corrected chi connectivity index (χ1v) is 7.33. The first kappa shape index (κ1) is 16.1. The molecule has 0 saturated heterocycles. The quantitative estimate of drug-likeness (QED) is 0.480. The van der Waals surface area contributed by atoms with Crippen LogP contribution in [0.5, 0.6) is 5.75 Å². The van der Waals surface area contributed by atoms with E-state index in [4.69, 9.17) is 11.6 Å². The van der Waals surface area contributed by atoms with Crippen molar-refractivity contribution in [2.75, 3.05) is 0 Å². The summed E-state index contributed by atoms with van der Waals surface area (Å²) in [6.45, 7) is 0. The van der Waals surface area contributed by atoms with Crippen molar-refractivity contribution >= 4 is 27.4 Å². The summed E-state index contributed by atoms with van der Waals surface area (Å²) < 4.78 is 55.2. The van der Waals surface area contributed by atoms with Gasteiger partial charge in [0, 0.05) is 17.2 Å². The van der Waals surface area contributed by atoms with Gasteiger partial charge in [-0.05, 0) is 24.3 Å². The van der Waals surface area contributed by atoms with Crippen molar-refractivity contribution in [1.29, 1.82) is 0 Å². The third-order valence-electron chi connectivity index (χ3n) is 2.48. The topological polar surface area (TPSA) is 86.5 Å². The number of rotatable bonds is 4. The number of nitro benzene ring substituents is 1. The van der Waals surface area contributed by atoms with Crippen LogP contribution < -0.4 is 4.18 Å². The van der Waals surface area contributed by atoms with Gasteiger partial charge >= 0.3 is 15.8 Å². The zero-order valence-corrected chi connectivity index (χ0v) is 12.1. The Morgan fingerprint density at radius 1 is 1.14 bits per heavy atom. The molecule has 0 N–H and O–H groups in total. The number of nitro groups is 1. The molecule has 0 atom stereocenters. The number of nitrogens with zero attached hydrogens (tertiary/aromatic N) is 1. The second-order valence-electron chi connectivity index (χ2n) is 3.98. The third kappa shape index (κ3) is 3.31. The molecule has 0 aliphatic heterocycles. The average Bonchev–Trinajstić information content (AvgIpc) is 2.37. The number of halogens is 3. The Morgan fingerprint density at radius 2 is 1.82 bits per heavy atom. The van der Waals surface area contributed by atoms with Crippen molar-refractivity contribution in [3.8, 4) is 5.75 Å². The van der Waals surface area contributed by atoms with Crippen LogP contribution in [0.1, 0.15) is 0 Å². The molecule has 0 spiro atoms. The molecular weight excluding hydrogens is 344 g/mol. The molecule has 22 heavy (non-hydrogen) atoms. The zero-order valence-electron chi connectivity index (χ0n) is 10.5. The van der Waals surface area contributed by atoms with Gasteiger partial charge in [0.15, 0.2) is 0 Å². The molecule has 10 heteroatoms. The summed E-state index contributed by atoms with van der Waals surface area (Å²) in [5.74, 6) is -3.02. The van der Waals surface area contributed by atoms with Gasteiger partial charge in [0.05, 0.1) is 4.92 Å². The van der Waals surface area contributed by atoms with E-state index in [2.05, 4.69) is 4.18 Å².